The number of ether oxygens (including phenoxy) is 1. The van der Waals surface area contributed by atoms with Gasteiger partial charge in [0.2, 0.25) is 21.8 Å². The molecule has 0 radical (unpaired) electrons. The van der Waals surface area contributed by atoms with Gasteiger partial charge in [-0.1, -0.05) is 36.8 Å². The van der Waals surface area contributed by atoms with E-state index < -0.39 is 50.6 Å². The van der Waals surface area contributed by atoms with E-state index in [9.17, 15) is 36.0 Å². The maximum absolute atomic E-state index is 13.8. The first kappa shape index (κ1) is 35.0. The minimum Gasteiger partial charge on any atom is -0.378 e. The maximum atomic E-state index is 13.8. The fourth-order valence-corrected chi connectivity index (χ4v) is 7.52. The van der Waals surface area contributed by atoms with Crippen LogP contribution in [0.2, 0.25) is 0 Å². The lowest BCUT2D eigenvalue weighted by Gasteiger charge is -2.34. The molecule has 10 nitrogen and oxygen atoms in total. The van der Waals surface area contributed by atoms with Gasteiger partial charge in [0.05, 0.1) is 23.7 Å². The van der Waals surface area contributed by atoms with Crippen LogP contribution in [0.3, 0.4) is 0 Å². The Kier molecular flexibility index (Phi) is 10.9. The highest BCUT2D eigenvalue weighted by Crippen LogP contribution is 2.33. The third-order valence-electron chi connectivity index (χ3n) is 8.47. The number of piperidine rings is 1. The molecule has 2 unspecified atom stereocenters. The molecule has 0 spiro atoms. The Hall–Kier alpha value is -4.27. The standard InChI is InChI=1S/C34H37F3N4O6S/c1-23(42)25-10-8-24(9-11-25)21-30(32(43)38-27-12-14-28(15-13-27)40-17-19-47-20-18-40)39-33(44)31-7-2-3-16-41(31)48(45,46)29-6-4-5-26(22-29)34(35,36)37/h4-6,8-15,22,30-31H,2-3,7,16-21H2,1H3,(H,38,43)(H,39,44). The molecule has 0 bridgehead atoms. The van der Waals surface area contributed by atoms with Crippen LogP contribution in [0.25, 0.3) is 0 Å². The highest BCUT2D eigenvalue weighted by Gasteiger charge is 2.40. The number of ketones is 1. The Morgan fingerprint density at radius 2 is 1.62 bits per heavy atom. The summed E-state index contributed by atoms with van der Waals surface area (Å²) >= 11 is 0. The van der Waals surface area contributed by atoms with Gasteiger partial charge in [-0.15, -0.1) is 0 Å². The molecule has 0 saturated carbocycles. The van der Waals surface area contributed by atoms with Crippen molar-refractivity contribution in [2.24, 2.45) is 0 Å². The summed E-state index contributed by atoms with van der Waals surface area (Å²) in [5.41, 5.74) is 1.44. The molecule has 2 amide bonds. The van der Waals surface area contributed by atoms with Gasteiger partial charge in [0.1, 0.15) is 12.1 Å². The van der Waals surface area contributed by atoms with Crippen molar-refractivity contribution in [2.75, 3.05) is 43.1 Å². The average Bonchev–Trinajstić information content (AvgIpc) is 3.08. The first-order chi connectivity index (χ1) is 22.8. The zero-order chi connectivity index (χ0) is 34.5. The molecule has 0 aliphatic carbocycles. The van der Waals surface area contributed by atoms with E-state index in [1.165, 1.54) is 6.92 Å². The van der Waals surface area contributed by atoms with Crippen molar-refractivity contribution < 1.29 is 40.7 Å². The van der Waals surface area contributed by atoms with Crippen molar-refractivity contribution in [2.45, 2.75) is 55.8 Å². The molecule has 0 aromatic heterocycles. The molecule has 3 aromatic rings. The van der Waals surface area contributed by atoms with E-state index in [1.54, 1.807) is 36.4 Å². The number of amides is 2. The van der Waals surface area contributed by atoms with Gasteiger partial charge < -0.3 is 20.3 Å². The van der Waals surface area contributed by atoms with Crippen molar-refractivity contribution in [3.05, 3.63) is 89.5 Å². The summed E-state index contributed by atoms with van der Waals surface area (Å²) in [6.45, 7) is 4.07. The van der Waals surface area contributed by atoms with E-state index >= 15 is 0 Å². The van der Waals surface area contributed by atoms with Gasteiger partial charge in [0, 0.05) is 43.0 Å². The molecular formula is C34H37F3N4O6S. The van der Waals surface area contributed by atoms with Crippen LogP contribution in [0.15, 0.2) is 77.7 Å². The lowest BCUT2D eigenvalue weighted by atomic mass is 10.0. The van der Waals surface area contributed by atoms with Gasteiger partial charge in [-0.05, 0) is 67.8 Å². The molecule has 2 N–H and O–H groups in total. The molecule has 2 heterocycles. The number of carbonyl (C=O) groups excluding carboxylic acids is 3. The summed E-state index contributed by atoms with van der Waals surface area (Å²) in [6.07, 6.45) is -3.69. The SMILES string of the molecule is CC(=O)c1ccc(CC(NC(=O)C2CCCCN2S(=O)(=O)c2cccc(C(F)(F)F)c2)C(=O)Nc2ccc(N3CCOCC3)cc2)cc1. The molecule has 2 atom stereocenters. The number of carbonyl (C=O) groups is 3. The molecule has 256 valence electrons. The van der Waals surface area contributed by atoms with E-state index in [0.29, 0.717) is 48.9 Å². The third kappa shape index (κ3) is 8.41. The van der Waals surface area contributed by atoms with E-state index in [0.717, 1.165) is 41.3 Å². The lowest BCUT2D eigenvalue weighted by Crippen LogP contribution is -2.56. The number of halogens is 3. The molecule has 3 aromatic carbocycles. The summed E-state index contributed by atoms with van der Waals surface area (Å²) in [7, 11) is -4.50. The molecular weight excluding hydrogens is 649 g/mol. The number of alkyl halides is 3. The van der Waals surface area contributed by atoms with Crippen LogP contribution < -0.4 is 15.5 Å². The number of benzene rings is 3. The van der Waals surface area contributed by atoms with E-state index in [2.05, 4.69) is 15.5 Å². The largest absolute Gasteiger partial charge is 0.416 e. The Morgan fingerprint density at radius 3 is 2.27 bits per heavy atom. The smallest absolute Gasteiger partial charge is 0.378 e. The number of morpholine rings is 1. The van der Waals surface area contributed by atoms with Crippen molar-refractivity contribution in [1.82, 2.24) is 9.62 Å². The summed E-state index contributed by atoms with van der Waals surface area (Å²) in [4.78, 5) is 40.8. The van der Waals surface area contributed by atoms with E-state index in [1.807, 2.05) is 12.1 Å². The minimum absolute atomic E-state index is 0.0225. The van der Waals surface area contributed by atoms with Crippen LogP contribution in [0.1, 0.15) is 47.7 Å². The number of Topliss-reactive ketones (excluding diaryl/α,β-unsaturated/α-hetero) is 1. The first-order valence-corrected chi connectivity index (χ1v) is 17.1. The molecule has 14 heteroatoms. The summed E-state index contributed by atoms with van der Waals surface area (Å²) in [5.74, 6) is -1.43. The number of anilines is 2. The predicted octanol–water partition coefficient (Wildman–Crippen LogP) is 4.65. The first-order valence-electron chi connectivity index (χ1n) is 15.7. The highest BCUT2D eigenvalue weighted by atomic mass is 32.2. The maximum Gasteiger partial charge on any atom is 0.416 e. The third-order valence-corrected chi connectivity index (χ3v) is 10.4. The number of hydrogen-bond donors (Lipinski definition) is 2. The van der Waals surface area contributed by atoms with Crippen LogP contribution in [-0.2, 0) is 36.9 Å². The summed E-state index contributed by atoms with van der Waals surface area (Å²) in [5, 5.41) is 5.55. The number of rotatable bonds is 10. The van der Waals surface area contributed by atoms with E-state index in [4.69, 9.17) is 4.74 Å². The van der Waals surface area contributed by atoms with Crippen molar-refractivity contribution >= 4 is 39.0 Å². The van der Waals surface area contributed by atoms with Crippen LogP contribution in [-0.4, -0.2) is 75.3 Å². The Bertz CT molecular complexity index is 1730. The van der Waals surface area contributed by atoms with Crippen molar-refractivity contribution in [1.29, 1.82) is 0 Å². The summed E-state index contributed by atoms with van der Waals surface area (Å²) in [6, 6.07) is 14.8. The predicted molar refractivity (Wildman–Crippen MR) is 173 cm³/mol. The second-order valence-electron chi connectivity index (χ2n) is 11.8. The van der Waals surface area contributed by atoms with Crippen LogP contribution in [0.4, 0.5) is 24.5 Å². The van der Waals surface area contributed by atoms with Gasteiger partial charge in [0.15, 0.2) is 5.78 Å². The minimum atomic E-state index is -4.75. The topological polar surface area (TPSA) is 125 Å². The van der Waals surface area contributed by atoms with Gasteiger partial charge in [-0.3, -0.25) is 14.4 Å². The van der Waals surface area contributed by atoms with Crippen LogP contribution >= 0.6 is 0 Å². The highest BCUT2D eigenvalue weighted by molar-refractivity contribution is 7.89. The monoisotopic (exact) mass is 686 g/mol. The van der Waals surface area contributed by atoms with Gasteiger partial charge >= 0.3 is 6.18 Å². The van der Waals surface area contributed by atoms with Crippen LogP contribution in [0.5, 0.6) is 0 Å². The average molecular weight is 687 g/mol. The number of hydrogen-bond acceptors (Lipinski definition) is 7. The number of sulfonamides is 1. The number of nitrogens with zero attached hydrogens (tertiary/aromatic N) is 2. The second-order valence-corrected chi connectivity index (χ2v) is 13.7. The lowest BCUT2D eigenvalue weighted by molar-refractivity contribution is -0.137. The van der Waals surface area contributed by atoms with Crippen molar-refractivity contribution in [3.8, 4) is 0 Å². The molecule has 5 rings (SSSR count). The normalized spacial score (nSPS) is 18.2. The Morgan fingerprint density at radius 1 is 0.938 bits per heavy atom. The van der Waals surface area contributed by atoms with Gasteiger partial charge in [0.25, 0.3) is 0 Å². The van der Waals surface area contributed by atoms with Crippen LogP contribution in [0, 0.1) is 0 Å². The molecule has 2 saturated heterocycles. The summed E-state index contributed by atoms with van der Waals surface area (Å²) < 4.78 is 73.7. The Balaban J connectivity index is 1.37. The molecule has 48 heavy (non-hydrogen) atoms. The second kappa shape index (κ2) is 14.9. The molecule has 2 aliphatic rings. The van der Waals surface area contributed by atoms with Gasteiger partial charge in [-0.25, -0.2) is 8.42 Å². The fourth-order valence-electron chi connectivity index (χ4n) is 5.82. The van der Waals surface area contributed by atoms with E-state index in [-0.39, 0.29) is 25.2 Å². The van der Waals surface area contributed by atoms with Crippen molar-refractivity contribution in [3.63, 3.8) is 0 Å². The molecule has 2 fully saturated rings. The zero-order valence-corrected chi connectivity index (χ0v) is 27.1. The Labute approximate surface area is 277 Å². The number of nitrogens with one attached hydrogen (secondary N) is 2. The molecule has 2 aliphatic heterocycles. The van der Waals surface area contributed by atoms with Gasteiger partial charge in [-0.2, -0.15) is 17.5 Å². The fraction of sp³-hybridized carbons (Fsp3) is 0.382. The quantitative estimate of drug-likeness (QED) is 0.298. The zero-order valence-electron chi connectivity index (χ0n) is 26.3.